The average molecular weight is 565 g/mol. The number of aliphatic imine (C=N–C) groups is 1. The van der Waals surface area contributed by atoms with E-state index in [1.54, 1.807) is 0 Å². The maximum atomic E-state index is 12.8. The average Bonchev–Trinajstić information content (AvgIpc) is 3.47. The number of amides is 3. The Balaban J connectivity index is 0.00000306. The number of rotatable bonds is 8. The molecule has 1 aromatic rings. The molecular weight excluding hydrogens is 533 g/mol. The molecule has 2 bridgehead atoms. The molecule has 1 aliphatic heterocycles. The SMILES string of the molecule is CCNC(=NCC(=O)Nc1cccc(CC)c1)NCCN1C(=O)C2C3C=CC(C3)C2C1=O.I. The van der Waals surface area contributed by atoms with E-state index < -0.39 is 0 Å². The second-order valence-electron chi connectivity index (χ2n) is 8.55. The van der Waals surface area contributed by atoms with Gasteiger partial charge in [-0.15, -0.1) is 24.0 Å². The second kappa shape index (κ2) is 11.1. The summed E-state index contributed by atoms with van der Waals surface area (Å²) in [5.74, 6) is 0.263. The molecule has 3 amide bonds. The number of anilines is 1. The zero-order valence-corrected chi connectivity index (χ0v) is 21.4. The van der Waals surface area contributed by atoms with Crippen LogP contribution in [0.15, 0.2) is 41.4 Å². The number of guanidine groups is 1. The number of hydrogen-bond donors (Lipinski definition) is 3. The molecule has 0 aromatic heterocycles. The van der Waals surface area contributed by atoms with Crippen LogP contribution < -0.4 is 16.0 Å². The number of fused-ring (bicyclic) bond motifs is 5. The number of aryl methyl sites for hydroxylation is 1. The molecule has 9 heteroatoms. The lowest BCUT2D eigenvalue weighted by Gasteiger charge is -2.18. The molecule has 4 unspecified atom stereocenters. The van der Waals surface area contributed by atoms with Gasteiger partial charge >= 0.3 is 0 Å². The zero-order valence-electron chi connectivity index (χ0n) is 19.0. The fourth-order valence-corrected chi connectivity index (χ4v) is 5.03. The van der Waals surface area contributed by atoms with Crippen LogP contribution >= 0.6 is 24.0 Å². The first kappa shape index (κ1) is 25.2. The highest BCUT2D eigenvalue weighted by molar-refractivity contribution is 14.0. The number of nitrogens with one attached hydrogen (secondary N) is 3. The van der Waals surface area contributed by atoms with Crippen molar-refractivity contribution in [2.45, 2.75) is 26.7 Å². The molecule has 4 atom stereocenters. The third-order valence-corrected chi connectivity index (χ3v) is 6.53. The van der Waals surface area contributed by atoms with Gasteiger partial charge in [0.1, 0.15) is 6.54 Å². The van der Waals surface area contributed by atoms with E-state index in [-0.39, 0.29) is 71.9 Å². The number of likely N-dealkylation sites (tertiary alicyclic amines) is 1. The van der Waals surface area contributed by atoms with Crippen LogP contribution in [0.2, 0.25) is 0 Å². The number of halogens is 1. The maximum Gasteiger partial charge on any atom is 0.246 e. The van der Waals surface area contributed by atoms with Crippen LogP contribution in [0.25, 0.3) is 0 Å². The first-order valence-corrected chi connectivity index (χ1v) is 11.5. The first-order chi connectivity index (χ1) is 15.5. The van der Waals surface area contributed by atoms with E-state index in [9.17, 15) is 14.4 Å². The molecule has 2 fully saturated rings. The smallest absolute Gasteiger partial charge is 0.246 e. The van der Waals surface area contributed by atoms with Gasteiger partial charge in [-0.2, -0.15) is 0 Å². The number of nitrogens with zero attached hydrogens (tertiary/aromatic N) is 2. The fraction of sp³-hybridized carbons (Fsp3) is 0.500. The zero-order chi connectivity index (χ0) is 22.7. The second-order valence-corrected chi connectivity index (χ2v) is 8.55. The van der Waals surface area contributed by atoms with Gasteiger partial charge in [-0.3, -0.25) is 19.3 Å². The molecule has 1 saturated heterocycles. The molecule has 1 aromatic carbocycles. The monoisotopic (exact) mass is 565 g/mol. The van der Waals surface area contributed by atoms with Crippen LogP contribution in [0, 0.1) is 23.7 Å². The van der Waals surface area contributed by atoms with Crippen molar-refractivity contribution >= 4 is 53.3 Å². The molecule has 1 heterocycles. The van der Waals surface area contributed by atoms with Crippen LogP contribution in [0.3, 0.4) is 0 Å². The highest BCUT2D eigenvalue weighted by Gasteiger charge is 2.58. The molecular formula is C24H32IN5O3. The van der Waals surface area contributed by atoms with E-state index in [2.05, 4.69) is 40.0 Å². The van der Waals surface area contributed by atoms with E-state index >= 15 is 0 Å². The summed E-state index contributed by atoms with van der Waals surface area (Å²) in [5.41, 5.74) is 1.91. The van der Waals surface area contributed by atoms with Gasteiger partial charge in [0.05, 0.1) is 11.8 Å². The molecule has 1 saturated carbocycles. The summed E-state index contributed by atoms with van der Waals surface area (Å²) in [5, 5.41) is 9.08. The number of benzene rings is 1. The number of allylic oxidation sites excluding steroid dienone is 2. The van der Waals surface area contributed by atoms with Crippen molar-refractivity contribution in [2.24, 2.45) is 28.7 Å². The Hall–Kier alpha value is -2.43. The summed E-state index contributed by atoms with van der Waals surface area (Å²) in [4.78, 5) is 43.6. The molecule has 8 nitrogen and oxygen atoms in total. The summed E-state index contributed by atoms with van der Waals surface area (Å²) >= 11 is 0. The molecule has 33 heavy (non-hydrogen) atoms. The van der Waals surface area contributed by atoms with E-state index in [1.807, 2.05) is 31.2 Å². The number of hydrogen-bond acceptors (Lipinski definition) is 4. The standard InChI is InChI=1S/C24H31N5O3.HI/c1-3-15-6-5-7-18(12-15)28-19(30)14-27-24(25-4-2)26-10-11-29-22(31)20-16-8-9-17(13-16)21(20)23(29)32;/h5-9,12,16-17,20-21H,3-4,10-11,13-14H2,1-2H3,(H,28,30)(H2,25,26,27);1H. The van der Waals surface area contributed by atoms with Gasteiger partial charge in [0.2, 0.25) is 17.7 Å². The fourth-order valence-electron chi connectivity index (χ4n) is 5.03. The minimum Gasteiger partial charge on any atom is -0.357 e. The van der Waals surface area contributed by atoms with Gasteiger partial charge in [-0.1, -0.05) is 31.2 Å². The Bertz CT molecular complexity index is 933. The summed E-state index contributed by atoms with van der Waals surface area (Å²) in [6.07, 6.45) is 6.02. The molecule has 3 aliphatic rings. The third kappa shape index (κ3) is 5.39. The lowest BCUT2D eigenvalue weighted by molar-refractivity contribution is -0.140. The van der Waals surface area contributed by atoms with Gasteiger partial charge in [0, 0.05) is 25.3 Å². The van der Waals surface area contributed by atoms with Crippen molar-refractivity contribution in [1.29, 1.82) is 0 Å². The van der Waals surface area contributed by atoms with Crippen molar-refractivity contribution in [3.05, 3.63) is 42.0 Å². The number of carbonyl (C=O) groups excluding carboxylic acids is 3. The number of imide groups is 1. The van der Waals surface area contributed by atoms with E-state index in [0.29, 0.717) is 25.6 Å². The quantitative estimate of drug-likeness (QED) is 0.148. The summed E-state index contributed by atoms with van der Waals surface area (Å²) < 4.78 is 0. The van der Waals surface area contributed by atoms with Crippen LogP contribution in [-0.4, -0.2) is 54.8 Å². The lowest BCUT2D eigenvalue weighted by atomic mass is 9.85. The van der Waals surface area contributed by atoms with Crippen LogP contribution in [-0.2, 0) is 20.8 Å². The topological polar surface area (TPSA) is 103 Å². The minimum atomic E-state index is -0.212. The molecule has 178 valence electrons. The molecule has 4 rings (SSSR count). The van der Waals surface area contributed by atoms with E-state index in [4.69, 9.17) is 0 Å². The van der Waals surface area contributed by atoms with E-state index in [1.165, 1.54) is 4.90 Å². The maximum absolute atomic E-state index is 12.8. The highest BCUT2D eigenvalue weighted by atomic mass is 127. The van der Waals surface area contributed by atoms with Crippen LogP contribution in [0.1, 0.15) is 25.8 Å². The van der Waals surface area contributed by atoms with Crippen molar-refractivity contribution in [1.82, 2.24) is 15.5 Å². The largest absolute Gasteiger partial charge is 0.357 e. The Kier molecular flexibility index (Phi) is 8.50. The van der Waals surface area contributed by atoms with Gasteiger partial charge in [-0.05, 0) is 49.3 Å². The normalized spacial score (nSPS) is 25.2. The van der Waals surface area contributed by atoms with Crippen LogP contribution in [0.4, 0.5) is 5.69 Å². The molecule has 2 aliphatic carbocycles. The Labute approximate surface area is 211 Å². The van der Waals surface area contributed by atoms with Gasteiger partial charge < -0.3 is 16.0 Å². The van der Waals surface area contributed by atoms with Crippen LogP contribution in [0.5, 0.6) is 0 Å². The summed E-state index contributed by atoms with van der Waals surface area (Å²) in [7, 11) is 0. The van der Waals surface area contributed by atoms with Crippen molar-refractivity contribution in [2.75, 3.05) is 31.5 Å². The van der Waals surface area contributed by atoms with Gasteiger partial charge in [0.15, 0.2) is 5.96 Å². The third-order valence-electron chi connectivity index (χ3n) is 6.53. The minimum absolute atomic E-state index is 0. The first-order valence-electron chi connectivity index (χ1n) is 11.5. The number of carbonyl (C=O) groups is 3. The summed E-state index contributed by atoms with van der Waals surface area (Å²) in [6, 6.07) is 7.74. The van der Waals surface area contributed by atoms with E-state index in [0.717, 1.165) is 24.1 Å². The Morgan fingerprint density at radius 2 is 1.79 bits per heavy atom. The van der Waals surface area contributed by atoms with Crippen molar-refractivity contribution in [3.8, 4) is 0 Å². The summed E-state index contributed by atoms with van der Waals surface area (Å²) in [6.45, 7) is 5.27. The van der Waals surface area contributed by atoms with Crippen molar-refractivity contribution < 1.29 is 14.4 Å². The Morgan fingerprint density at radius 1 is 1.09 bits per heavy atom. The molecule has 3 N–H and O–H groups in total. The van der Waals surface area contributed by atoms with Gasteiger partial charge in [-0.25, -0.2) is 4.99 Å². The predicted molar refractivity (Wildman–Crippen MR) is 138 cm³/mol. The predicted octanol–water partition coefficient (Wildman–Crippen LogP) is 2.17. The lowest BCUT2D eigenvalue weighted by Crippen LogP contribution is -2.44. The van der Waals surface area contributed by atoms with Crippen molar-refractivity contribution in [3.63, 3.8) is 0 Å². The Morgan fingerprint density at radius 3 is 2.42 bits per heavy atom. The molecule has 0 spiro atoms. The molecule has 0 radical (unpaired) electrons. The highest BCUT2D eigenvalue weighted by Crippen LogP contribution is 2.52. The van der Waals surface area contributed by atoms with Gasteiger partial charge in [0.25, 0.3) is 0 Å².